The molecular formula is C14H18F3NO2S. The van der Waals surface area contributed by atoms with Gasteiger partial charge in [-0.1, -0.05) is 0 Å². The van der Waals surface area contributed by atoms with Gasteiger partial charge in [0.05, 0.1) is 23.4 Å². The van der Waals surface area contributed by atoms with Crippen LogP contribution in [0.15, 0.2) is 6.07 Å². The summed E-state index contributed by atoms with van der Waals surface area (Å²) in [5.74, 6) is -1.95. The van der Waals surface area contributed by atoms with Crippen LogP contribution in [-0.2, 0) is 16.0 Å². The number of anilines is 1. The lowest BCUT2D eigenvalue weighted by molar-refractivity contribution is -0.147. The van der Waals surface area contributed by atoms with Crippen molar-refractivity contribution in [3.05, 3.63) is 16.5 Å². The Balaban J connectivity index is 2.08. The molecule has 0 fully saturated rings. The van der Waals surface area contributed by atoms with Gasteiger partial charge < -0.3 is 10.1 Å². The average molecular weight is 321 g/mol. The first-order valence-corrected chi connectivity index (χ1v) is 7.74. The van der Waals surface area contributed by atoms with E-state index in [0.717, 1.165) is 21.9 Å². The summed E-state index contributed by atoms with van der Waals surface area (Å²) in [6.07, 6.45) is -3.04. The number of ether oxygens (including phenoxy) is 1. The van der Waals surface area contributed by atoms with Gasteiger partial charge in [-0.3, -0.25) is 4.79 Å². The molecule has 2 rings (SSSR count). The van der Waals surface area contributed by atoms with Crippen LogP contribution in [0.1, 0.15) is 36.6 Å². The number of alkyl halides is 3. The number of halogens is 3. The van der Waals surface area contributed by atoms with Crippen molar-refractivity contribution >= 4 is 22.3 Å². The van der Waals surface area contributed by atoms with E-state index in [1.54, 1.807) is 13.0 Å². The monoisotopic (exact) mass is 321 g/mol. The molecule has 0 spiro atoms. The molecule has 3 nitrogen and oxygen atoms in total. The molecule has 118 valence electrons. The van der Waals surface area contributed by atoms with Crippen molar-refractivity contribution in [2.75, 3.05) is 18.5 Å². The van der Waals surface area contributed by atoms with Crippen LogP contribution in [0.2, 0.25) is 0 Å². The maximum absolute atomic E-state index is 12.8. The number of carbonyl (C=O) groups excluding carboxylic acids is 1. The lowest BCUT2D eigenvalue weighted by Gasteiger charge is -2.14. The Bertz CT molecular complexity index is 487. The number of aryl methyl sites for hydroxylation is 1. The van der Waals surface area contributed by atoms with Gasteiger partial charge in [-0.2, -0.15) is 13.2 Å². The van der Waals surface area contributed by atoms with E-state index in [0.29, 0.717) is 30.9 Å². The van der Waals surface area contributed by atoms with E-state index >= 15 is 0 Å². The van der Waals surface area contributed by atoms with E-state index in [9.17, 15) is 18.0 Å². The fourth-order valence-corrected chi connectivity index (χ4v) is 3.46. The Morgan fingerprint density at radius 3 is 2.90 bits per heavy atom. The molecule has 0 saturated carbocycles. The third kappa shape index (κ3) is 3.70. The minimum atomic E-state index is -4.23. The van der Waals surface area contributed by atoms with Crippen LogP contribution in [0, 0.1) is 5.92 Å². The molecule has 7 heteroatoms. The van der Waals surface area contributed by atoms with Gasteiger partial charge in [0, 0.05) is 11.4 Å². The second-order valence-electron chi connectivity index (χ2n) is 5.13. The highest BCUT2D eigenvalue weighted by atomic mass is 32.1. The quantitative estimate of drug-likeness (QED) is 0.857. The summed E-state index contributed by atoms with van der Waals surface area (Å²) in [5, 5.41) is 3.83. The predicted octanol–water partition coefficient (Wildman–Crippen LogP) is 3.95. The normalized spacial score (nSPS) is 20.1. The molecule has 0 saturated heterocycles. The fourth-order valence-electron chi connectivity index (χ4n) is 2.27. The van der Waals surface area contributed by atoms with Crippen LogP contribution in [0.5, 0.6) is 0 Å². The average Bonchev–Trinajstić information content (AvgIpc) is 2.70. The molecule has 1 N–H and O–H groups in total. The highest BCUT2D eigenvalue weighted by Crippen LogP contribution is 2.42. The van der Waals surface area contributed by atoms with Gasteiger partial charge in [0.15, 0.2) is 0 Å². The number of esters is 1. The standard InChI is InChI=1S/C14H18F3NO2S/c1-3-20-13(19)10-5-4-9-6-11(8(2)14(15,16)17)21-12(9)18-7-10/h6,8,10,18H,3-5,7H2,1-2H3/t8-,10-/m1/s1. The molecule has 1 aromatic rings. The molecule has 0 radical (unpaired) electrons. The summed E-state index contributed by atoms with van der Waals surface area (Å²) in [6.45, 7) is 3.67. The van der Waals surface area contributed by atoms with E-state index in [2.05, 4.69) is 5.32 Å². The van der Waals surface area contributed by atoms with E-state index in [1.165, 1.54) is 6.92 Å². The summed E-state index contributed by atoms with van der Waals surface area (Å²) in [6, 6.07) is 1.61. The summed E-state index contributed by atoms with van der Waals surface area (Å²) in [4.78, 5) is 12.0. The Kier molecular flexibility index (Phi) is 4.81. The van der Waals surface area contributed by atoms with Gasteiger partial charge in [0.2, 0.25) is 0 Å². The first-order valence-electron chi connectivity index (χ1n) is 6.92. The minimum Gasteiger partial charge on any atom is -0.466 e. The number of carbonyl (C=O) groups is 1. The molecule has 2 atom stereocenters. The van der Waals surface area contributed by atoms with E-state index in [1.807, 2.05) is 0 Å². The number of hydrogen-bond donors (Lipinski definition) is 1. The molecule has 0 unspecified atom stereocenters. The van der Waals surface area contributed by atoms with Crippen molar-refractivity contribution in [2.24, 2.45) is 5.92 Å². The molecule has 0 amide bonds. The number of nitrogens with one attached hydrogen (secondary N) is 1. The van der Waals surface area contributed by atoms with Gasteiger partial charge in [-0.15, -0.1) is 11.3 Å². The van der Waals surface area contributed by atoms with Gasteiger partial charge in [-0.25, -0.2) is 0 Å². The van der Waals surface area contributed by atoms with E-state index in [4.69, 9.17) is 4.74 Å². The highest BCUT2D eigenvalue weighted by Gasteiger charge is 2.38. The summed E-state index contributed by atoms with van der Waals surface area (Å²) in [5.41, 5.74) is 0.859. The maximum Gasteiger partial charge on any atom is 0.396 e. The lowest BCUT2D eigenvalue weighted by Crippen LogP contribution is -2.24. The first kappa shape index (κ1) is 16.1. The molecular weight excluding hydrogens is 303 g/mol. The zero-order chi connectivity index (χ0) is 15.6. The minimum absolute atomic E-state index is 0.243. The van der Waals surface area contributed by atoms with Crippen molar-refractivity contribution in [1.29, 1.82) is 0 Å². The summed E-state index contributed by atoms with van der Waals surface area (Å²) < 4.78 is 43.3. The SMILES string of the molecule is CCOC(=O)[C@@H]1CCc2cc([C@@H](C)C(F)(F)F)sc2NC1. The van der Waals surface area contributed by atoms with E-state index in [-0.39, 0.29) is 11.9 Å². The Labute approximate surface area is 125 Å². The number of thiophene rings is 1. The zero-order valence-corrected chi connectivity index (χ0v) is 12.7. The molecule has 0 aliphatic carbocycles. The molecule has 0 bridgehead atoms. The molecule has 1 aromatic heterocycles. The highest BCUT2D eigenvalue weighted by molar-refractivity contribution is 7.16. The maximum atomic E-state index is 12.8. The predicted molar refractivity (Wildman–Crippen MR) is 75.7 cm³/mol. The number of hydrogen-bond acceptors (Lipinski definition) is 4. The third-order valence-electron chi connectivity index (χ3n) is 3.64. The van der Waals surface area contributed by atoms with Gasteiger partial charge in [-0.05, 0) is 38.3 Å². The Morgan fingerprint density at radius 1 is 1.57 bits per heavy atom. The van der Waals surface area contributed by atoms with Gasteiger partial charge >= 0.3 is 12.1 Å². The molecule has 0 aromatic carbocycles. The molecule has 1 aliphatic rings. The largest absolute Gasteiger partial charge is 0.466 e. The number of rotatable bonds is 3. The van der Waals surface area contributed by atoms with Crippen molar-refractivity contribution < 1.29 is 22.7 Å². The topological polar surface area (TPSA) is 38.3 Å². The van der Waals surface area contributed by atoms with Crippen LogP contribution >= 0.6 is 11.3 Å². The van der Waals surface area contributed by atoms with Gasteiger partial charge in [0.1, 0.15) is 0 Å². The number of fused-ring (bicyclic) bond motifs is 1. The third-order valence-corrected chi connectivity index (χ3v) is 4.95. The zero-order valence-electron chi connectivity index (χ0n) is 11.9. The Hall–Kier alpha value is -1.24. The van der Waals surface area contributed by atoms with Crippen molar-refractivity contribution in [2.45, 2.75) is 38.8 Å². The van der Waals surface area contributed by atoms with Crippen molar-refractivity contribution in [1.82, 2.24) is 0 Å². The van der Waals surface area contributed by atoms with Crippen molar-refractivity contribution in [3.63, 3.8) is 0 Å². The smallest absolute Gasteiger partial charge is 0.396 e. The van der Waals surface area contributed by atoms with Gasteiger partial charge in [0.25, 0.3) is 0 Å². The van der Waals surface area contributed by atoms with Crippen LogP contribution < -0.4 is 5.32 Å². The Morgan fingerprint density at radius 2 is 2.29 bits per heavy atom. The lowest BCUT2D eigenvalue weighted by atomic mass is 10.0. The molecule has 2 heterocycles. The van der Waals surface area contributed by atoms with Crippen LogP contribution in [0.4, 0.5) is 18.2 Å². The van der Waals surface area contributed by atoms with Crippen LogP contribution in [0.3, 0.4) is 0 Å². The summed E-state index contributed by atoms with van der Waals surface area (Å²) in [7, 11) is 0. The first-order chi connectivity index (χ1) is 9.82. The van der Waals surface area contributed by atoms with E-state index < -0.39 is 12.1 Å². The molecule has 1 aliphatic heterocycles. The summed E-state index contributed by atoms with van der Waals surface area (Å²) >= 11 is 1.13. The van der Waals surface area contributed by atoms with Crippen LogP contribution in [0.25, 0.3) is 0 Å². The molecule has 21 heavy (non-hydrogen) atoms. The second-order valence-corrected chi connectivity index (χ2v) is 6.22. The fraction of sp³-hybridized carbons (Fsp3) is 0.643. The second kappa shape index (κ2) is 6.25. The van der Waals surface area contributed by atoms with Crippen LogP contribution in [-0.4, -0.2) is 25.3 Å². The van der Waals surface area contributed by atoms with Crippen molar-refractivity contribution in [3.8, 4) is 0 Å².